The highest BCUT2D eigenvalue weighted by molar-refractivity contribution is 8.01. The molecule has 1 aromatic rings. The molecule has 0 aromatic heterocycles. The summed E-state index contributed by atoms with van der Waals surface area (Å²) in [6.45, 7) is 1.87. The number of esters is 1. The Hall–Kier alpha value is -1.49. The van der Waals surface area contributed by atoms with Gasteiger partial charge in [0.15, 0.2) is 0 Å². The van der Waals surface area contributed by atoms with Gasteiger partial charge in [-0.15, -0.1) is 11.8 Å². The summed E-state index contributed by atoms with van der Waals surface area (Å²) in [4.78, 5) is 25.0. The molecule has 2 atom stereocenters. The van der Waals surface area contributed by atoms with E-state index in [2.05, 4.69) is 4.74 Å². The first kappa shape index (κ1) is 13.0. The van der Waals surface area contributed by atoms with E-state index in [1.807, 2.05) is 37.3 Å². The first-order valence-electron chi connectivity index (χ1n) is 5.71. The van der Waals surface area contributed by atoms with Gasteiger partial charge in [-0.3, -0.25) is 9.59 Å². The van der Waals surface area contributed by atoms with Crippen LogP contribution in [-0.4, -0.2) is 35.7 Å². The molecule has 0 bridgehead atoms. The lowest BCUT2D eigenvalue weighted by atomic mass is 10.2. The molecule has 1 fully saturated rings. The van der Waals surface area contributed by atoms with E-state index < -0.39 is 0 Å². The van der Waals surface area contributed by atoms with Gasteiger partial charge in [-0.2, -0.15) is 0 Å². The van der Waals surface area contributed by atoms with Crippen molar-refractivity contribution in [3.05, 3.63) is 35.9 Å². The van der Waals surface area contributed by atoms with Crippen LogP contribution in [0.15, 0.2) is 30.3 Å². The third-order valence-corrected chi connectivity index (χ3v) is 4.25. The molecular weight excluding hydrogens is 250 g/mol. The van der Waals surface area contributed by atoms with Gasteiger partial charge in [0.1, 0.15) is 11.9 Å². The van der Waals surface area contributed by atoms with Crippen LogP contribution >= 0.6 is 11.8 Å². The highest BCUT2D eigenvalue weighted by Gasteiger charge is 2.39. The lowest BCUT2D eigenvalue weighted by Gasteiger charge is -2.22. The fourth-order valence-corrected chi connectivity index (χ4v) is 3.19. The topological polar surface area (TPSA) is 46.6 Å². The predicted molar refractivity (Wildman–Crippen MR) is 70.0 cm³/mol. The van der Waals surface area contributed by atoms with Crippen molar-refractivity contribution in [1.82, 2.24) is 4.90 Å². The Kier molecular flexibility index (Phi) is 3.91. The molecule has 1 aromatic carbocycles. The van der Waals surface area contributed by atoms with Crippen LogP contribution in [0.3, 0.4) is 0 Å². The number of benzene rings is 1. The molecule has 2 rings (SSSR count). The van der Waals surface area contributed by atoms with Gasteiger partial charge in [0, 0.05) is 0 Å². The number of methoxy groups -OCH3 is 1. The summed E-state index contributed by atoms with van der Waals surface area (Å²) >= 11 is 1.56. The molecule has 2 unspecified atom stereocenters. The van der Waals surface area contributed by atoms with E-state index in [9.17, 15) is 9.59 Å². The summed E-state index contributed by atoms with van der Waals surface area (Å²) in [6.07, 6.45) is 0. The van der Waals surface area contributed by atoms with Crippen LogP contribution in [-0.2, 0) is 14.3 Å². The average molecular weight is 265 g/mol. The number of thioether (sulfide) groups is 1. The monoisotopic (exact) mass is 265 g/mol. The second-order valence-electron chi connectivity index (χ2n) is 4.08. The Morgan fingerprint density at radius 1 is 1.39 bits per heavy atom. The zero-order chi connectivity index (χ0) is 13.1. The summed E-state index contributed by atoms with van der Waals surface area (Å²) in [5, 5.41) is -0.229. The highest BCUT2D eigenvalue weighted by Crippen LogP contribution is 2.42. The average Bonchev–Trinajstić information content (AvgIpc) is 2.68. The zero-order valence-electron chi connectivity index (χ0n) is 10.3. The minimum atomic E-state index is -0.390. The van der Waals surface area contributed by atoms with Crippen molar-refractivity contribution in [2.24, 2.45) is 0 Å². The first-order chi connectivity index (χ1) is 8.63. The maximum absolute atomic E-state index is 12.0. The fourth-order valence-electron chi connectivity index (χ4n) is 1.91. The van der Waals surface area contributed by atoms with Gasteiger partial charge >= 0.3 is 5.97 Å². The number of rotatable bonds is 3. The predicted octanol–water partition coefficient (Wildman–Crippen LogP) is 1.82. The van der Waals surface area contributed by atoms with Crippen LogP contribution in [0.2, 0.25) is 0 Å². The molecule has 96 valence electrons. The van der Waals surface area contributed by atoms with Crippen molar-refractivity contribution in [2.75, 3.05) is 13.7 Å². The molecule has 5 heteroatoms. The molecule has 1 aliphatic rings. The smallest absolute Gasteiger partial charge is 0.325 e. The minimum Gasteiger partial charge on any atom is -0.468 e. The maximum Gasteiger partial charge on any atom is 0.325 e. The Morgan fingerprint density at radius 2 is 2.06 bits per heavy atom. The normalized spacial score (nSPS) is 23.2. The summed E-state index contributed by atoms with van der Waals surface area (Å²) in [6, 6.07) is 9.72. The molecule has 0 N–H and O–H groups in total. The summed E-state index contributed by atoms with van der Waals surface area (Å²) in [5.74, 6) is -0.404. The zero-order valence-corrected chi connectivity index (χ0v) is 11.1. The molecule has 0 aliphatic carbocycles. The molecule has 0 spiro atoms. The maximum atomic E-state index is 12.0. The Bertz CT molecular complexity index is 449. The number of nitrogens with zero attached hydrogens (tertiary/aromatic N) is 1. The number of amides is 1. The third kappa shape index (κ3) is 2.51. The van der Waals surface area contributed by atoms with Gasteiger partial charge in [-0.1, -0.05) is 30.3 Å². The van der Waals surface area contributed by atoms with E-state index >= 15 is 0 Å². The van der Waals surface area contributed by atoms with Gasteiger partial charge < -0.3 is 9.64 Å². The van der Waals surface area contributed by atoms with Crippen LogP contribution < -0.4 is 0 Å². The van der Waals surface area contributed by atoms with Gasteiger partial charge in [-0.25, -0.2) is 0 Å². The van der Waals surface area contributed by atoms with E-state index in [-0.39, 0.29) is 29.0 Å². The molecule has 0 radical (unpaired) electrons. The van der Waals surface area contributed by atoms with Gasteiger partial charge in [0.05, 0.1) is 12.4 Å². The van der Waals surface area contributed by atoms with E-state index in [1.54, 1.807) is 16.7 Å². The number of carbonyl (C=O) groups is 2. The Morgan fingerprint density at radius 3 is 2.67 bits per heavy atom. The Balaban J connectivity index is 2.23. The van der Waals surface area contributed by atoms with Crippen LogP contribution in [0.4, 0.5) is 0 Å². The minimum absolute atomic E-state index is 0.00618. The largest absolute Gasteiger partial charge is 0.468 e. The van der Waals surface area contributed by atoms with E-state index in [0.717, 1.165) is 5.56 Å². The highest BCUT2D eigenvalue weighted by atomic mass is 32.2. The van der Waals surface area contributed by atoms with Crippen molar-refractivity contribution in [3.8, 4) is 0 Å². The van der Waals surface area contributed by atoms with E-state index in [1.165, 1.54) is 7.11 Å². The van der Waals surface area contributed by atoms with Gasteiger partial charge in [0.2, 0.25) is 5.91 Å². The van der Waals surface area contributed by atoms with Crippen LogP contribution in [0.1, 0.15) is 17.9 Å². The summed E-state index contributed by atoms with van der Waals surface area (Å²) in [7, 11) is 1.33. The van der Waals surface area contributed by atoms with Crippen molar-refractivity contribution >= 4 is 23.6 Å². The molecule has 1 saturated heterocycles. The fraction of sp³-hybridized carbons (Fsp3) is 0.385. The lowest BCUT2D eigenvalue weighted by Crippen LogP contribution is -2.35. The molecule has 18 heavy (non-hydrogen) atoms. The molecule has 1 heterocycles. The van der Waals surface area contributed by atoms with Crippen molar-refractivity contribution in [2.45, 2.75) is 17.5 Å². The summed E-state index contributed by atoms with van der Waals surface area (Å²) in [5.41, 5.74) is 1.03. The summed E-state index contributed by atoms with van der Waals surface area (Å²) < 4.78 is 4.64. The quantitative estimate of drug-likeness (QED) is 0.782. The molecule has 1 amide bonds. The number of ether oxygens (including phenoxy) is 1. The van der Waals surface area contributed by atoms with Gasteiger partial charge in [-0.05, 0) is 12.5 Å². The van der Waals surface area contributed by atoms with Crippen molar-refractivity contribution in [3.63, 3.8) is 0 Å². The van der Waals surface area contributed by atoms with Crippen LogP contribution in [0, 0.1) is 0 Å². The third-order valence-electron chi connectivity index (χ3n) is 2.86. The second-order valence-corrected chi connectivity index (χ2v) is 5.51. The van der Waals surface area contributed by atoms with Gasteiger partial charge in [0.25, 0.3) is 0 Å². The number of hydrogen-bond acceptors (Lipinski definition) is 4. The molecular formula is C13H15NO3S. The van der Waals surface area contributed by atoms with E-state index in [0.29, 0.717) is 0 Å². The SMILES string of the molecule is COC(=O)CN1C(=O)C(C)SC1c1ccccc1. The first-order valence-corrected chi connectivity index (χ1v) is 6.65. The lowest BCUT2D eigenvalue weighted by molar-refractivity contribution is -0.146. The van der Waals surface area contributed by atoms with Crippen molar-refractivity contribution in [1.29, 1.82) is 0 Å². The molecule has 0 saturated carbocycles. The van der Waals surface area contributed by atoms with Crippen LogP contribution in [0.25, 0.3) is 0 Å². The van der Waals surface area contributed by atoms with Crippen molar-refractivity contribution < 1.29 is 14.3 Å². The molecule has 4 nitrogen and oxygen atoms in total. The second kappa shape index (κ2) is 5.44. The standard InChI is InChI=1S/C13H15NO3S/c1-9-12(16)14(8-11(15)17-2)13(18-9)10-6-4-3-5-7-10/h3-7,9,13H,8H2,1-2H3. The number of hydrogen-bond donors (Lipinski definition) is 0. The number of carbonyl (C=O) groups excluding carboxylic acids is 2. The van der Waals surface area contributed by atoms with Crippen LogP contribution in [0.5, 0.6) is 0 Å². The Labute approximate surface area is 110 Å². The van der Waals surface area contributed by atoms with E-state index in [4.69, 9.17) is 0 Å². The molecule has 1 aliphatic heterocycles.